The molecule has 3 rings (SSSR count). The standard InChI is InChI=1S/C21H27F3N2O4/c1-2-29-20(28)18-17(6-3-11-25-18)30-13-16-5-4-12-26(16)19(27)14-7-9-15(10-8-14)21(22,23)24/h3,6,11,14-16H,2,4-5,7-10,12-13H2,1H3/t14-,15-,16?. The highest BCUT2D eigenvalue weighted by atomic mass is 19.4. The zero-order valence-electron chi connectivity index (χ0n) is 17.0. The summed E-state index contributed by atoms with van der Waals surface area (Å²) in [6, 6.07) is 3.10. The van der Waals surface area contributed by atoms with Gasteiger partial charge in [-0.1, -0.05) is 0 Å². The Kier molecular flexibility index (Phi) is 7.20. The van der Waals surface area contributed by atoms with E-state index in [4.69, 9.17) is 9.47 Å². The molecule has 1 amide bonds. The largest absolute Gasteiger partial charge is 0.489 e. The number of aromatic nitrogens is 1. The molecule has 1 aromatic rings. The zero-order chi connectivity index (χ0) is 21.7. The van der Waals surface area contributed by atoms with Crippen LogP contribution in [0, 0.1) is 11.8 Å². The highest BCUT2D eigenvalue weighted by Gasteiger charge is 2.44. The number of rotatable bonds is 6. The lowest BCUT2D eigenvalue weighted by Gasteiger charge is -2.33. The highest BCUT2D eigenvalue weighted by molar-refractivity contribution is 5.90. The van der Waals surface area contributed by atoms with Gasteiger partial charge in [-0.15, -0.1) is 0 Å². The van der Waals surface area contributed by atoms with Crippen molar-refractivity contribution in [3.8, 4) is 5.75 Å². The summed E-state index contributed by atoms with van der Waals surface area (Å²) < 4.78 is 49.4. The molecule has 1 saturated heterocycles. The van der Waals surface area contributed by atoms with Crippen LogP contribution in [-0.2, 0) is 9.53 Å². The number of likely N-dealkylation sites (tertiary alicyclic amines) is 1. The number of amides is 1. The third kappa shape index (κ3) is 5.23. The fraction of sp³-hybridized carbons (Fsp3) is 0.667. The van der Waals surface area contributed by atoms with Crippen LogP contribution in [0.1, 0.15) is 55.9 Å². The van der Waals surface area contributed by atoms with Crippen molar-refractivity contribution in [1.29, 1.82) is 0 Å². The fourth-order valence-corrected chi connectivity index (χ4v) is 4.25. The monoisotopic (exact) mass is 428 g/mol. The van der Waals surface area contributed by atoms with E-state index in [2.05, 4.69) is 4.98 Å². The van der Waals surface area contributed by atoms with Crippen LogP contribution in [0.3, 0.4) is 0 Å². The molecule has 0 radical (unpaired) electrons. The van der Waals surface area contributed by atoms with E-state index in [-0.39, 0.29) is 62.5 Å². The van der Waals surface area contributed by atoms with E-state index in [0.717, 1.165) is 12.8 Å². The third-order valence-electron chi connectivity index (χ3n) is 5.87. The molecule has 0 spiro atoms. The van der Waals surface area contributed by atoms with E-state index in [1.54, 1.807) is 24.0 Å². The number of hydrogen-bond donors (Lipinski definition) is 0. The molecule has 30 heavy (non-hydrogen) atoms. The lowest BCUT2D eigenvalue weighted by atomic mass is 9.81. The number of pyridine rings is 1. The highest BCUT2D eigenvalue weighted by Crippen LogP contribution is 2.40. The smallest absolute Gasteiger partial charge is 0.391 e. The summed E-state index contributed by atoms with van der Waals surface area (Å²) in [5.41, 5.74) is 0.0840. The number of esters is 1. The van der Waals surface area contributed by atoms with Crippen molar-refractivity contribution >= 4 is 11.9 Å². The molecular weight excluding hydrogens is 401 g/mol. The Hall–Kier alpha value is -2.32. The van der Waals surface area contributed by atoms with Crippen molar-refractivity contribution in [2.45, 2.75) is 57.7 Å². The molecule has 1 aliphatic heterocycles. The van der Waals surface area contributed by atoms with Gasteiger partial charge in [-0.05, 0) is 57.6 Å². The average Bonchev–Trinajstić information content (AvgIpc) is 3.20. The molecule has 166 valence electrons. The fourth-order valence-electron chi connectivity index (χ4n) is 4.25. The maximum atomic E-state index is 12.9. The number of ether oxygens (including phenoxy) is 2. The Balaban J connectivity index is 1.58. The van der Waals surface area contributed by atoms with Crippen LogP contribution < -0.4 is 4.74 Å². The summed E-state index contributed by atoms with van der Waals surface area (Å²) in [4.78, 5) is 30.7. The van der Waals surface area contributed by atoms with Gasteiger partial charge in [-0.3, -0.25) is 4.79 Å². The van der Waals surface area contributed by atoms with Gasteiger partial charge in [0.1, 0.15) is 6.61 Å². The van der Waals surface area contributed by atoms with E-state index in [1.807, 2.05) is 0 Å². The number of carbonyl (C=O) groups excluding carboxylic acids is 2. The minimum absolute atomic E-state index is 0.00744. The van der Waals surface area contributed by atoms with Gasteiger partial charge in [0.2, 0.25) is 5.91 Å². The molecule has 0 bridgehead atoms. The molecule has 1 saturated carbocycles. The first kappa shape index (κ1) is 22.4. The lowest BCUT2D eigenvalue weighted by Crippen LogP contribution is -2.44. The molecular formula is C21H27F3N2O4. The molecule has 1 unspecified atom stereocenters. The van der Waals surface area contributed by atoms with Gasteiger partial charge in [0.05, 0.1) is 18.6 Å². The van der Waals surface area contributed by atoms with Gasteiger partial charge < -0.3 is 14.4 Å². The molecule has 1 aromatic heterocycles. The topological polar surface area (TPSA) is 68.7 Å². The van der Waals surface area contributed by atoms with E-state index in [1.165, 1.54) is 6.20 Å². The van der Waals surface area contributed by atoms with Crippen molar-refractivity contribution in [2.24, 2.45) is 11.8 Å². The van der Waals surface area contributed by atoms with Crippen molar-refractivity contribution in [2.75, 3.05) is 19.8 Å². The number of carbonyl (C=O) groups is 2. The summed E-state index contributed by atoms with van der Waals surface area (Å²) in [6.45, 7) is 2.69. The minimum Gasteiger partial charge on any atom is -0.489 e. The van der Waals surface area contributed by atoms with Gasteiger partial charge in [0.15, 0.2) is 11.4 Å². The van der Waals surface area contributed by atoms with E-state index in [9.17, 15) is 22.8 Å². The summed E-state index contributed by atoms with van der Waals surface area (Å²) in [7, 11) is 0. The molecule has 1 atom stereocenters. The summed E-state index contributed by atoms with van der Waals surface area (Å²) in [5.74, 6) is -2.03. The first-order valence-electron chi connectivity index (χ1n) is 10.4. The van der Waals surface area contributed by atoms with Crippen LogP contribution in [0.5, 0.6) is 5.75 Å². The minimum atomic E-state index is -4.18. The molecule has 1 aliphatic carbocycles. The quantitative estimate of drug-likeness (QED) is 0.641. The normalized spacial score (nSPS) is 24.5. The molecule has 2 fully saturated rings. The number of nitrogens with zero attached hydrogens (tertiary/aromatic N) is 2. The molecule has 2 heterocycles. The van der Waals surface area contributed by atoms with Crippen LogP contribution in [-0.4, -0.2) is 53.7 Å². The Morgan fingerprint density at radius 3 is 2.60 bits per heavy atom. The Morgan fingerprint density at radius 2 is 1.93 bits per heavy atom. The summed E-state index contributed by atoms with van der Waals surface area (Å²) >= 11 is 0. The average molecular weight is 428 g/mol. The zero-order valence-corrected chi connectivity index (χ0v) is 17.0. The van der Waals surface area contributed by atoms with Gasteiger partial charge >= 0.3 is 12.1 Å². The maximum Gasteiger partial charge on any atom is 0.391 e. The Labute approximate surface area is 173 Å². The van der Waals surface area contributed by atoms with Crippen molar-refractivity contribution in [1.82, 2.24) is 9.88 Å². The summed E-state index contributed by atoms with van der Waals surface area (Å²) in [5, 5.41) is 0. The second kappa shape index (κ2) is 9.66. The van der Waals surface area contributed by atoms with Crippen molar-refractivity contribution in [3.63, 3.8) is 0 Å². The molecule has 6 nitrogen and oxygen atoms in total. The SMILES string of the molecule is CCOC(=O)c1ncccc1OCC1CCCN1C(=O)[C@H]1CC[C@H](C(F)(F)F)CC1. The van der Waals surface area contributed by atoms with Gasteiger partial charge in [-0.2, -0.15) is 13.2 Å². The van der Waals surface area contributed by atoms with Crippen LogP contribution in [0.15, 0.2) is 18.3 Å². The van der Waals surface area contributed by atoms with Crippen molar-refractivity contribution < 1.29 is 32.2 Å². The van der Waals surface area contributed by atoms with Crippen LogP contribution in [0.25, 0.3) is 0 Å². The van der Waals surface area contributed by atoms with Gasteiger partial charge in [0, 0.05) is 18.7 Å². The van der Waals surface area contributed by atoms with Crippen LogP contribution in [0.2, 0.25) is 0 Å². The Bertz CT molecular complexity index is 748. The summed E-state index contributed by atoms with van der Waals surface area (Å²) in [6.07, 6.45) is -0.597. The van der Waals surface area contributed by atoms with Crippen LogP contribution >= 0.6 is 0 Å². The first-order valence-corrected chi connectivity index (χ1v) is 10.4. The molecule has 9 heteroatoms. The number of halogens is 3. The third-order valence-corrected chi connectivity index (χ3v) is 5.87. The number of alkyl halides is 3. The second-order valence-corrected chi connectivity index (χ2v) is 7.80. The number of hydrogen-bond acceptors (Lipinski definition) is 5. The first-order chi connectivity index (χ1) is 14.3. The maximum absolute atomic E-state index is 12.9. The Morgan fingerprint density at radius 1 is 1.20 bits per heavy atom. The van der Waals surface area contributed by atoms with E-state index >= 15 is 0 Å². The van der Waals surface area contributed by atoms with E-state index in [0.29, 0.717) is 12.3 Å². The van der Waals surface area contributed by atoms with Crippen molar-refractivity contribution in [3.05, 3.63) is 24.0 Å². The predicted molar refractivity (Wildman–Crippen MR) is 102 cm³/mol. The van der Waals surface area contributed by atoms with Crippen LogP contribution in [0.4, 0.5) is 13.2 Å². The molecule has 2 aliphatic rings. The van der Waals surface area contributed by atoms with Gasteiger partial charge in [0.25, 0.3) is 0 Å². The second-order valence-electron chi connectivity index (χ2n) is 7.80. The lowest BCUT2D eigenvalue weighted by molar-refractivity contribution is -0.185. The molecule has 0 N–H and O–H groups in total. The molecule has 0 aromatic carbocycles. The van der Waals surface area contributed by atoms with Gasteiger partial charge in [-0.25, -0.2) is 9.78 Å². The van der Waals surface area contributed by atoms with E-state index < -0.39 is 18.1 Å². The predicted octanol–water partition coefficient (Wildman–Crippen LogP) is 4.00.